The number of sulfonamides is 1. The molecule has 0 saturated carbocycles. The fraction of sp³-hybridized carbons (Fsp3) is 0.235. The lowest BCUT2D eigenvalue weighted by molar-refractivity contribution is -0.115. The van der Waals surface area contributed by atoms with E-state index < -0.39 is 15.9 Å². The molecule has 6 nitrogen and oxygen atoms in total. The molecule has 1 amide bonds. The van der Waals surface area contributed by atoms with Crippen LogP contribution in [-0.2, 0) is 14.8 Å². The highest BCUT2D eigenvalue weighted by molar-refractivity contribution is 7.89. The Bertz CT molecular complexity index is 847. The fourth-order valence-electron chi connectivity index (χ4n) is 2.03. The summed E-state index contributed by atoms with van der Waals surface area (Å²) in [7, 11) is -2.21. The molecule has 0 aliphatic carbocycles. The van der Waals surface area contributed by atoms with E-state index in [1.807, 2.05) is 13.8 Å². The van der Waals surface area contributed by atoms with Crippen molar-refractivity contribution in [2.45, 2.75) is 18.7 Å². The van der Waals surface area contributed by atoms with Crippen molar-refractivity contribution in [2.75, 3.05) is 19.0 Å². The summed E-state index contributed by atoms with van der Waals surface area (Å²) in [5.74, 6) is 0.138. The second-order valence-electron chi connectivity index (χ2n) is 5.35. The second kappa shape index (κ2) is 7.46. The lowest BCUT2D eigenvalue weighted by Crippen LogP contribution is -2.33. The molecular formula is C17H20N2O4S. The molecule has 0 spiro atoms. The largest absolute Gasteiger partial charge is 0.497 e. The normalized spacial score (nSPS) is 11.1. The molecule has 2 aromatic carbocycles. The summed E-state index contributed by atoms with van der Waals surface area (Å²) in [6.07, 6.45) is 0. The van der Waals surface area contributed by atoms with E-state index in [4.69, 9.17) is 4.74 Å². The van der Waals surface area contributed by atoms with Crippen LogP contribution < -0.4 is 14.8 Å². The Balaban J connectivity index is 2.00. The van der Waals surface area contributed by atoms with Crippen LogP contribution >= 0.6 is 0 Å². The minimum atomic E-state index is -3.74. The number of hydrogen-bond acceptors (Lipinski definition) is 4. The predicted octanol–water partition coefficient (Wildman–Crippen LogP) is 2.23. The van der Waals surface area contributed by atoms with Gasteiger partial charge in [-0.25, -0.2) is 13.1 Å². The van der Waals surface area contributed by atoms with E-state index in [0.717, 1.165) is 11.1 Å². The molecule has 2 N–H and O–H groups in total. The fourth-order valence-corrected chi connectivity index (χ4v) is 3.10. The Morgan fingerprint density at radius 3 is 2.50 bits per heavy atom. The molecule has 0 atom stereocenters. The van der Waals surface area contributed by atoms with Gasteiger partial charge >= 0.3 is 0 Å². The molecular weight excluding hydrogens is 328 g/mol. The first-order valence-corrected chi connectivity index (χ1v) is 8.81. The molecule has 0 unspecified atom stereocenters. The Hall–Kier alpha value is -2.38. The lowest BCUT2D eigenvalue weighted by Gasteiger charge is -2.10. The van der Waals surface area contributed by atoms with Gasteiger partial charge in [-0.1, -0.05) is 12.1 Å². The van der Waals surface area contributed by atoms with Crippen molar-refractivity contribution >= 4 is 21.6 Å². The van der Waals surface area contributed by atoms with E-state index in [1.165, 1.54) is 13.2 Å². The molecule has 24 heavy (non-hydrogen) atoms. The third kappa shape index (κ3) is 4.56. The predicted molar refractivity (Wildman–Crippen MR) is 92.7 cm³/mol. The van der Waals surface area contributed by atoms with E-state index in [0.29, 0.717) is 11.4 Å². The zero-order valence-electron chi connectivity index (χ0n) is 13.8. The summed E-state index contributed by atoms with van der Waals surface area (Å²) >= 11 is 0. The van der Waals surface area contributed by atoms with Crippen LogP contribution in [0.15, 0.2) is 47.4 Å². The third-order valence-electron chi connectivity index (χ3n) is 3.56. The third-order valence-corrected chi connectivity index (χ3v) is 4.96. The topological polar surface area (TPSA) is 84.5 Å². The van der Waals surface area contributed by atoms with E-state index in [2.05, 4.69) is 10.0 Å². The van der Waals surface area contributed by atoms with Crippen LogP contribution in [0.4, 0.5) is 5.69 Å². The Labute approximate surface area is 141 Å². The number of aryl methyl sites for hydroxylation is 2. The standard InChI is InChI=1S/C17H20N2O4S/c1-12-7-8-16(9-13(12)2)24(21,22)18-11-17(20)19-14-5-4-6-15(10-14)23-3/h4-10,18H,11H2,1-3H3,(H,19,20). The van der Waals surface area contributed by atoms with E-state index in [1.54, 1.807) is 36.4 Å². The summed E-state index contributed by atoms with van der Waals surface area (Å²) in [5, 5.41) is 2.62. The van der Waals surface area contributed by atoms with Gasteiger partial charge in [0.25, 0.3) is 0 Å². The number of carbonyl (C=O) groups is 1. The van der Waals surface area contributed by atoms with E-state index >= 15 is 0 Å². The minimum Gasteiger partial charge on any atom is -0.497 e. The molecule has 0 heterocycles. The summed E-state index contributed by atoms with van der Waals surface area (Å²) in [6, 6.07) is 11.7. The first-order valence-electron chi connectivity index (χ1n) is 7.32. The number of nitrogens with one attached hydrogen (secondary N) is 2. The summed E-state index contributed by atoms with van der Waals surface area (Å²) in [6.45, 7) is 3.39. The number of rotatable bonds is 6. The van der Waals surface area contributed by atoms with Gasteiger partial charge in [0.15, 0.2) is 0 Å². The van der Waals surface area contributed by atoms with Crippen LogP contribution in [0.1, 0.15) is 11.1 Å². The Morgan fingerprint density at radius 2 is 1.83 bits per heavy atom. The van der Waals surface area contributed by atoms with Crippen LogP contribution in [-0.4, -0.2) is 28.0 Å². The van der Waals surface area contributed by atoms with Crippen LogP contribution in [0.5, 0.6) is 5.75 Å². The lowest BCUT2D eigenvalue weighted by atomic mass is 10.1. The van der Waals surface area contributed by atoms with E-state index in [9.17, 15) is 13.2 Å². The quantitative estimate of drug-likeness (QED) is 0.838. The molecule has 0 saturated heterocycles. The van der Waals surface area contributed by atoms with Crippen LogP contribution in [0.2, 0.25) is 0 Å². The number of amides is 1. The average Bonchev–Trinajstić information content (AvgIpc) is 2.55. The van der Waals surface area contributed by atoms with Gasteiger partial charge in [0, 0.05) is 11.8 Å². The molecule has 0 radical (unpaired) electrons. The maximum atomic E-state index is 12.2. The smallest absolute Gasteiger partial charge is 0.241 e. The summed E-state index contributed by atoms with van der Waals surface area (Å²) in [4.78, 5) is 12.1. The van der Waals surface area contributed by atoms with Gasteiger partial charge in [-0.15, -0.1) is 0 Å². The SMILES string of the molecule is COc1cccc(NC(=O)CNS(=O)(=O)c2ccc(C)c(C)c2)c1. The van der Waals surface area contributed by atoms with Gasteiger partial charge in [-0.3, -0.25) is 4.79 Å². The van der Waals surface area contributed by atoms with Crippen molar-refractivity contribution in [3.63, 3.8) is 0 Å². The monoisotopic (exact) mass is 348 g/mol. The maximum Gasteiger partial charge on any atom is 0.241 e. The van der Waals surface area contributed by atoms with Crippen molar-refractivity contribution in [3.8, 4) is 5.75 Å². The molecule has 128 valence electrons. The van der Waals surface area contributed by atoms with E-state index in [-0.39, 0.29) is 11.4 Å². The van der Waals surface area contributed by atoms with Crippen molar-refractivity contribution in [1.82, 2.24) is 4.72 Å². The summed E-state index contributed by atoms with van der Waals surface area (Å²) < 4.78 is 31.8. The zero-order chi connectivity index (χ0) is 17.7. The van der Waals surface area contributed by atoms with Crippen molar-refractivity contribution in [3.05, 3.63) is 53.6 Å². The van der Waals surface area contributed by atoms with Gasteiger partial charge in [0.05, 0.1) is 18.6 Å². The van der Waals surface area contributed by atoms with Crippen LogP contribution in [0, 0.1) is 13.8 Å². The number of carbonyl (C=O) groups excluding carboxylic acids is 1. The molecule has 0 bridgehead atoms. The highest BCUT2D eigenvalue weighted by Crippen LogP contribution is 2.17. The molecule has 7 heteroatoms. The van der Waals surface area contributed by atoms with Crippen molar-refractivity contribution < 1.29 is 17.9 Å². The zero-order valence-corrected chi connectivity index (χ0v) is 14.6. The number of hydrogen-bond donors (Lipinski definition) is 2. The number of ether oxygens (including phenoxy) is 1. The van der Waals surface area contributed by atoms with Gasteiger partial charge in [0.2, 0.25) is 15.9 Å². The molecule has 2 rings (SSSR count). The van der Waals surface area contributed by atoms with Gasteiger partial charge in [-0.2, -0.15) is 0 Å². The number of anilines is 1. The highest BCUT2D eigenvalue weighted by atomic mass is 32.2. The van der Waals surface area contributed by atoms with Crippen molar-refractivity contribution in [1.29, 1.82) is 0 Å². The van der Waals surface area contributed by atoms with Gasteiger partial charge in [-0.05, 0) is 49.2 Å². The second-order valence-corrected chi connectivity index (χ2v) is 7.12. The van der Waals surface area contributed by atoms with Gasteiger partial charge in [0.1, 0.15) is 5.75 Å². The molecule has 2 aromatic rings. The summed E-state index contributed by atoms with van der Waals surface area (Å²) in [5.41, 5.74) is 2.41. The molecule has 0 aliphatic heterocycles. The average molecular weight is 348 g/mol. The molecule has 0 fully saturated rings. The molecule has 0 aliphatic rings. The Morgan fingerprint density at radius 1 is 1.08 bits per heavy atom. The number of methoxy groups -OCH3 is 1. The van der Waals surface area contributed by atoms with Crippen molar-refractivity contribution in [2.24, 2.45) is 0 Å². The van der Waals surface area contributed by atoms with Crippen LogP contribution in [0.3, 0.4) is 0 Å². The first kappa shape index (κ1) is 18.0. The highest BCUT2D eigenvalue weighted by Gasteiger charge is 2.16. The molecule has 0 aromatic heterocycles. The Kier molecular flexibility index (Phi) is 5.58. The van der Waals surface area contributed by atoms with Gasteiger partial charge < -0.3 is 10.1 Å². The number of benzene rings is 2. The minimum absolute atomic E-state index is 0.139. The maximum absolute atomic E-state index is 12.2. The van der Waals surface area contributed by atoms with Crippen LogP contribution in [0.25, 0.3) is 0 Å². The first-order chi connectivity index (χ1) is 11.3.